The fourth-order valence-electron chi connectivity index (χ4n) is 3.87. The SMILES string of the molecule is O=C(Cn1nnc2ccccc21)N1CCC(c2cc(COc3cccc(Cl)c3)[nH]n2)C1. The van der Waals surface area contributed by atoms with Crippen LogP contribution in [0.2, 0.25) is 5.02 Å². The third kappa shape index (κ3) is 4.25. The zero-order valence-electron chi connectivity index (χ0n) is 16.7. The van der Waals surface area contributed by atoms with E-state index in [4.69, 9.17) is 16.3 Å². The van der Waals surface area contributed by atoms with E-state index in [-0.39, 0.29) is 18.4 Å². The van der Waals surface area contributed by atoms with E-state index >= 15 is 0 Å². The summed E-state index contributed by atoms with van der Waals surface area (Å²) in [6, 6.07) is 16.9. The van der Waals surface area contributed by atoms with Crippen molar-refractivity contribution in [1.29, 1.82) is 0 Å². The minimum Gasteiger partial charge on any atom is -0.487 e. The fourth-order valence-corrected chi connectivity index (χ4v) is 4.05. The molecule has 1 unspecified atom stereocenters. The average Bonchev–Trinajstić information content (AvgIpc) is 3.52. The van der Waals surface area contributed by atoms with Gasteiger partial charge in [-0.3, -0.25) is 9.89 Å². The Morgan fingerprint density at radius 1 is 1.19 bits per heavy atom. The van der Waals surface area contributed by atoms with Crippen molar-refractivity contribution in [3.63, 3.8) is 0 Å². The molecule has 8 nitrogen and oxygen atoms in total. The fraction of sp³-hybridized carbons (Fsp3) is 0.273. The van der Waals surface area contributed by atoms with Crippen LogP contribution in [0.5, 0.6) is 5.75 Å². The molecule has 4 aromatic rings. The zero-order valence-corrected chi connectivity index (χ0v) is 17.5. The number of hydrogen-bond donors (Lipinski definition) is 1. The number of hydrogen-bond acceptors (Lipinski definition) is 5. The molecule has 5 rings (SSSR count). The van der Waals surface area contributed by atoms with Crippen LogP contribution in [0.1, 0.15) is 23.7 Å². The van der Waals surface area contributed by atoms with E-state index in [1.165, 1.54) is 0 Å². The molecule has 0 radical (unpaired) electrons. The highest BCUT2D eigenvalue weighted by Crippen LogP contribution is 2.27. The zero-order chi connectivity index (χ0) is 21.2. The van der Waals surface area contributed by atoms with Crippen LogP contribution in [-0.4, -0.2) is 49.1 Å². The van der Waals surface area contributed by atoms with Gasteiger partial charge in [-0.25, -0.2) is 4.68 Å². The summed E-state index contributed by atoms with van der Waals surface area (Å²) in [5.74, 6) is 0.952. The molecule has 2 aromatic heterocycles. The number of aromatic amines is 1. The monoisotopic (exact) mass is 436 g/mol. The van der Waals surface area contributed by atoms with Gasteiger partial charge in [-0.15, -0.1) is 5.10 Å². The van der Waals surface area contributed by atoms with E-state index in [1.807, 2.05) is 47.4 Å². The second kappa shape index (κ2) is 8.39. The minimum atomic E-state index is 0.0400. The molecule has 1 fully saturated rings. The Bertz CT molecular complexity index is 1220. The summed E-state index contributed by atoms with van der Waals surface area (Å²) < 4.78 is 7.42. The number of likely N-dealkylation sites (tertiary alicyclic amines) is 1. The number of rotatable bonds is 6. The quantitative estimate of drug-likeness (QED) is 0.500. The number of carbonyl (C=O) groups is 1. The summed E-state index contributed by atoms with van der Waals surface area (Å²) in [7, 11) is 0. The molecule has 1 amide bonds. The maximum Gasteiger partial charge on any atom is 0.244 e. The largest absolute Gasteiger partial charge is 0.487 e. The van der Waals surface area contributed by atoms with Crippen molar-refractivity contribution < 1.29 is 9.53 Å². The van der Waals surface area contributed by atoms with Crippen LogP contribution in [0.25, 0.3) is 11.0 Å². The molecule has 3 heterocycles. The number of nitrogens with zero attached hydrogens (tertiary/aromatic N) is 5. The molecule has 2 aromatic carbocycles. The number of amides is 1. The van der Waals surface area contributed by atoms with Crippen molar-refractivity contribution in [3.05, 3.63) is 71.0 Å². The van der Waals surface area contributed by atoms with Crippen LogP contribution in [0, 0.1) is 0 Å². The highest BCUT2D eigenvalue weighted by atomic mass is 35.5. The Hall–Kier alpha value is -3.39. The summed E-state index contributed by atoms with van der Waals surface area (Å²) in [5.41, 5.74) is 3.49. The Morgan fingerprint density at radius 3 is 3.00 bits per heavy atom. The summed E-state index contributed by atoms with van der Waals surface area (Å²) in [4.78, 5) is 14.7. The lowest BCUT2D eigenvalue weighted by atomic mass is 10.1. The molecule has 0 saturated carbocycles. The molecular weight excluding hydrogens is 416 g/mol. The first-order chi connectivity index (χ1) is 15.2. The number of halogens is 1. The van der Waals surface area contributed by atoms with Gasteiger partial charge < -0.3 is 9.64 Å². The summed E-state index contributed by atoms with van der Waals surface area (Å²) in [6.45, 7) is 1.91. The van der Waals surface area contributed by atoms with E-state index < -0.39 is 0 Å². The molecule has 158 valence electrons. The Balaban J connectivity index is 1.18. The molecule has 1 aliphatic heterocycles. The number of nitrogens with one attached hydrogen (secondary N) is 1. The van der Waals surface area contributed by atoms with Crippen LogP contribution in [0.15, 0.2) is 54.6 Å². The topological polar surface area (TPSA) is 88.9 Å². The lowest BCUT2D eigenvalue weighted by molar-refractivity contribution is -0.130. The third-order valence-electron chi connectivity index (χ3n) is 5.51. The van der Waals surface area contributed by atoms with E-state index in [1.54, 1.807) is 16.8 Å². The number of fused-ring (bicyclic) bond motifs is 1. The summed E-state index contributed by atoms with van der Waals surface area (Å²) >= 11 is 5.99. The van der Waals surface area contributed by atoms with E-state index in [0.717, 1.165) is 28.8 Å². The smallest absolute Gasteiger partial charge is 0.244 e. The van der Waals surface area contributed by atoms with Gasteiger partial charge in [-0.05, 0) is 42.8 Å². The number of para-hydroxylation sites is 1. The third-order valence-corrected chi connectivity index (χ3v) is 5.74. The standard InChI is InChI=1S/C22H21ClN6O2/c23-16-4-3-5-18(10-16)31-14-17-11-20(25-24-17)15-8-9-28(12-15)22(30)13-29-21-7-2-1-6-19(21)26-27-29/h1-7,10-11,15H,8-9,12-14H2,(H,24,25). The summed E-state index contributed by atoms with van der Waals surface area (Å²) in [5, 5.41) is 16.3. The number of H-pyrrole nitrogens is 1. The van der Waals surface area contributed by atoms with Crippen LogP contribution in [0.3, 0.4) is 0 Å². The molecule has 1 atom stereocenters. The van der Waals surface area contributed by atoms with Crippen molar-refractivity contribution in [2.45, 2.75) is 25.5 Å². The highest BCUT2D eigenvalue weighted by molar-refractivity contribution is 6.30. The number of carbonyl (C=O) groups excluding carboxylic acids is 1. The molecule has 31 heavy (non-hydrogen) atoms. The second-order valence-corrected chi connectivity index (χ2v) is 8.06. The van der Waals surface area contributed by atoms with Crippen molar-refractivity contribution in [2.75, 3.05) is 13.1 Å². The van der Waals surface area contributed by atoms with Gasteiger partial charge >= 0.3 is 0 Å². The van der Waals surface area contributed by atoms with Gasteiger partial charge in [-0.1, -0.05) is 35.0 Å². The first kappa shape index (κ1) is 19.6. The lowest BCUT2D eigenvalue weighted by Gasteiger charge is -2.16. The van der Waals surface area contributed by atoms with Crippen LogP contribution in [-0.2, 0) is 17.9 Å². The van der Waals surface area contributed by atoms with Gasteiger partial charge in [0.05, 0.1) is 16.9 Å². The Kier molecular flexibility index (Phi) is 5.30. The van der Waals surface area contributed by atoms with Crippen LogP contribution < -0.4 is 4.74 Å². The molecule has 0 aliphatic carbocycles. The molecule has 0 spiro atoms. The number of aromatic nitrogens is 5. The van der Waals surface area contributed by atoms with Gasteiger partial charge in [0.1, 0.15) is 24.4 Å². The molecular formula is C22H21ClN6O2. The Morgan fingerprint density at radius 2 is 2.10 bits per heavy atom. The van der Waals surface area contributed by atoms with Gasteiger partial charge in [0.25, 0.3) is 0 Å². The van der Waals surface area contributed by atoms with Gasteiger partial charge in [0.2, 0.25) is 5.91 Å². The van der Waals surface area contributed by atoms with Crippen LogP contribution in [0.4, 0.5) is 0 Å². The van der Waals surface area contributed by atoms with Gasteiger partial charge in [0.15, 0.2) is 0 Å². The first-order valence-electron chi connectivity index (χ1n) is 10.1. The first-order valence-corrected chi connectivity index (χ1v) is 10.5. The highest BCUT2D eigenvalue weighted by Gasteiger charge is 2.29. The van der Waals surface area contributed by atoms with Crippen LogP contribution >= 0.6 is 11.6 Å². The van der Waals surface area contributed by atoms with Crippen molar-refractivity contribution in [3.8, 4) is 5.75 Å². The summed E-state index contributed by atoms with van der Waals surface area (Å²) in [6.07, 6.45) is 0.878. The average molecular weight is 437 g/mol. The Labute approximate surface area is 183 Å². The van der Waals surface area contributed by atoms with E-state index in [2.05, 4.69) is 20.5 Å². The molecule has 1 aliphatic rings. The maximum absolute atomic E-state index is 12.8. The predicted molar refractivity (Wildman–Crippen MR) is 116 cm³/mol. The predicted octanol–water partition coefficient (Wildman–Crippen LogP) is 3.40. The molecule has 1 saturated heterocycles. The molecule has 9 heteroatoms. The van der Waals surface area contributed by atoms with Crippen molar-refractivity contribution in [2.24, 2.45) is 0 Å². The molecule has 1 N–H and O–H groups in total. The maximum atomic E-state index is 12.8. The van der Waals surface area contributed by atoms with Crippen molar-refractivity contribution in [1.82, 2.24) is 30.1 Å². The van der Waals surface area contributed by atoms with E-state index in [9.17, 15) is 4.79 Å². The minimum absolute atomic E-state index is 0.0400. The number of ether oxygens (including phenoxy) is 1. The normalized spacial score (nSPS) is 16.2. The van der Waals surface area contributed by atoms with E-state index in [0.29, 0.717) is 30.5 Å². The number of benzene rings is 2. The van der Waals surface area contributed by atoms with Gasteiger partial charge in [0, 0.05) is 24.0 Å². The van der Waals surface area contributed by atoms with Gasteiger partial charge in [-0.2, -0.15) is 5.10 Å². The second-order valence-electron chi connectivity index (χ2n) is 7.63. The lowest BCUT2D eigenvalue weighted by Crippen LogP contribution is -2.32. The molecule has 0 bridgehead atoms. The van der Waals surface area contributed by atoms with Crippen molar-refractivity contribution >= 4 is 28.5 Å².